The number of aromatic nitrogens is 1. The zero-order valence-corrected chi connectivity index (χ0v) is 11.4. The summed E-state index contributed by atoms with van der Waals surface area (Å²) in [6, 6.07) is 6.75. The molecule has 6 heteroatoms. The van der Waals surface area contributed by atoms with Gasteiger partial charge in [-0.05, 0) is 31.2 Å². The van der Waals surface area contributed by atoms with Gasteiger partial charge >= 0.3 is 0 Å². The molecule has 0 spiro atoms. The monoisotopic (exact) mass is 275 g/mol. The zero-order chi connectivity index (χ0) is 14.6. The standard InChI is InChI=1S/C14H17N3O3/c1-14(19,11-6-4-8-20-11)9-17-12-10(13(18)15-2)5-3-7-16-12/h3-8,19H,9H2,1-2H3,(H,15,18)(H,16,17). The van der Waals surface area contributed by atoms with Crippen LogP contribution in [0.1, 0.15) is 23.0 Å². The highest BCUT2D eigenvalue weighted by Crippen LogP contribution is 2.22. The van der Waals surface area contributed by atoms with E-state index in [0.717, 1.165) is 0 Å². The Morgan fingerprint density at radius 2 is 2.25 bits per heavy atom. The SMILES string of the molecule is CNC(=O)c1cccnc1NCC(C)(O)c1ccco1. The van der Waals surface area contributed by atoms with E-state index in [1.165, 1.54) is 6.26 Å². The molecule has 0 saturated carbocycles. The minimum atomic E-state index is -1.19. The fourth-order valence-corrected chi connectivity index (χ4v) is 1.79. The fraction of sp³-hybridized carbons (Fsp3) is 0.286. The minimum absolute atomic E-state index is 0.168. The largest absolute Gasteiger partial charge is 0.466 e. The second kappa shape index (κ2) is 5.75. The topological polar surface area (TPSA) is 87.4 Å². The summed E-state index contributed by atoms with van der Waals surface area (Å²) in [6.45, 7) is 1.79. The van der Waals surface area contributed by atoms with Gasteiger partial charge in [-0.1, -0.05) is 0 Å². The van der Waals surface area contributed by atoms with Crippen molar-refractivity contribution >= 4 is 11.7 Å². The number of pyridine rings is 1. The van der Waals surface area contributed by atoms with Crippen LogP contribution >= 0.6 is 0 Å². The maximum atomic E-state index is 11.7. The lowest BCUT2D eigenvalue weighted by atomic mass is 10.0. The van der Waals surface area contributed by atoms with Gasteiger partial charge in [0.1, 0.15) is 17.2 Å². The number of anilines is 1. The molecule has 0 aliphatic rings. The molecule has 0 fully saturated rings. The number of furan rings is 1. The van der Waals surface area contributed by atoms with Gasteiger partial charge < -0.3 is 20.2 Å². The van der Waals surface area contributed by atoms with Gasteiger partial charge in [-0.2, -0.15) is 0 Å². The number of rotatable bonds is 5. The third-order valence-electron chi connectivity index (χ3n) is 2.93. The van der Waals surface area contributed by atoms with Gasteiger partial charge in [0.05, 0.1) is 18.4 Å². The first-order chi connectivity index (χ1) is 9.54. The summed E-state index contributed by atoms with van der Waals surface area (Å²) in [5.41, 5.74) is -0.772. The molecule has 2 rings (SSSR count). The zero-order valence-electron chi connectivity index (χ0n) is 11.4. The Bertz CT molecular complexity index is 579. The Hall–Kier alpha value is -2.34. The summed E-state index contributed by atoms with van der Waals surface area (Å²) in [7, 11) is 1.55. The Labute approximate surface area is 116 Å². The smallest absolute Gasteiger partial charge is 0.254 e. The van der Waals surface area contributed by atoms with Crippen LogP contribution in [-0.4, -0.2) is 29.6 Å². The molecule has 2 aromatic heterocycles. The number of hydrogen-bond acceptors (Lipinski definition) is 5. The third-order valence-corrected chi connectivity index (χ3v) is 2.93. The van der Waals surface area contributed by atoms with Crippen molar-refractivity contribution in [2.75, 3.05) is 18.9 Å². The van der Waals surface area contributed by atoms with Crippen molar-refractivity contribution in [2.24, 2.45) is 0 Å². The van der Waals surface area contributed by atoms with Crippen LogP contribution in [0.2, 0.25) is 0 Å². The molecule has 0 aliphatic carbocycles. The van der Waals surface area contributed by atoms with Gasteiger partial charge in [0.2, 0.25) is 0 Å². The van der Waals surface area contributed by atoms with E-state index in [-0.39, 0.29) is 12.5 Å². The van der Waals surface area contributed by atoms with Crippen molar-refractivity contribution in [1.29, 1.82) is 0 Å². The summed E-state index contributed by atoms with van der Waals surface area (Å²) in [4.78, 5) is 15.8. The summed E-state index contributed by atoms with van der Waals surface area (Å²) < 4.78 is 5.20. The van der Waals surface area contributed by atoms with Crippen molar-refractivity contribution in [3.63, 3.8) is 0 Å². The summed E-state index contributed by atoms with van der Waals surface area (Å²) in [5, 5.41) is 15.9. The number of nitrogens with zero attached hydrogens (tertiary/aromatic N) is 1. The lowest BCUT2D eigenvalue weighted by Crippen LogP contribution is -2.31. The van der Waals surface area contributed by atoms with Crippen molar-refractivity contribution < 1.29 is 14.3 Å². The van der Waals surface area contributed by atoms with E-state index in [4.69, 9.17) is 4.42 Å². The van der Waals surface area contributed by atoms with Crippen molar-refractivity contribution in [2.45, 2.75) is 12.5 Å². The first-order valence-electron chi connectivity index (χ1n) is 6.22. The maximum absolute atomic E-state index is 11.7. The molecular formula is C14H17N3O3. The van der Waals surface area contributed by atoms with Crippen LogP contribution < -0.4 is 10.6 Å². The van der Waals surface area contributed by atoms with Gasteiger partial charge in [-0.15, -0.1) is 0 Å². The molecular weight excluding hydrogens is 258 g/mol. The predicted octanol–water partition coefficient (Wildman–Crippen LogP) is 1.35. The summed E-state index contributed by atoms with van der Waals surface area (Å²) in [5.74, 6) is 0.624. The second-order valence-corrected chi connectivity index (χ2v) is 4.58. The molecule has 3 N–H and O–H groups in total. The number of carbonyl (C=O) groups is 1. The Morgan fingerprint density at radius 1 is 1.45 bits per heavy atom. The van der Waals surface area contributed by atoms with Crippen LogP contribution in [0.5, 0.6) is 0 Å². The molecule has 20 heavy (non-hydrogen) atoms. The molecule has 0 saturated heterocycles. The van der Waals surface area contributed by atoms with Crippen LogP contribution in [0.15, 0.2) is 41.1 Å². The van der Waals surface area contributed by atoms with Gasteiger partial charge in [-0.25, -0.2) is 4.98 Å². The molecule has 1 unspecified atom stereocenters. The van der Waals surface area contributed by atoms with Crippen LogP contribution in [0.3, 0.4) is 0 Å². The van der Waals surface area contributed by atoms with E-state index >= 15 is 0 Å². The highest BCUT2D eigenvalue weighted by Gasteiger charge is 2.26. The molecule has 2 heterocycles. The Morgan fingerprint density at radius 3 is 2.90 bits per heavy atom. The number of amides is 1. The lowest BCUT2D eigenvalue weighted by Gasteiger charge is -2.22. The quantitative estimate of drug-likeness (QED) is 0.766. The van der Waals surface area contributed by atoms with Crippen LogP contribution in [0.25, 0.3) is 0 Å². The van der Waals surface area contributed by atoms with Gasteiger partial charge in [0.15, 0.2) is 0 Å². The summed E-state index contributed by atoms with van der Waals surface area (Å²) >= 11 is 0. The number of carbonyl (C=O) groups excluding carboxylic acids is 1. The highest BCUT2D eigenvalue weighted by molar-refractivity contribution is 5.98. The van der Waals surface area contributed by atoms with E-state index in [2.05, 4.69) is 15.6 Å². The van der Waals surface area contributed by atoms with E-state index in [1.54, 1.807) is 44.4 Å². The van der Waals surface area contributed by atoms with Crippen LogP contribution in [0, 0.1) is 0 Å². The maximum Gasteiger partial charge on any atom is 0.254 e. The minimum Gasteiger partial charge on any atom is -0.466 e. The van der Waals surface area contributed by atoms with E-state index < -0.39 is 5.60 Å². The van der Waals surface area contributed by atoms with Crippen molar-refractivity contribution in [3.8, 4) is 0 Å². The molecule has 6 nitrogen and oxygen atoms in total. The lowest BCUT2D eigenvalue weighted by molar-refractivity contribution is 0.0475. The third kappa shape index (κ3) is 2.97. The Kier molecular flexibility index (Phi) is 4.05. The molecule has 1 amide bonds. The predicted molar refractivity (Wildman–Crippen MR) is 74.4 cm³/mol. The van der Waals surface area contributed by atoms with Crippen LogP contribution in [-0.2, 0) is 5.60 Å². The number of aliphatic hydroxyl groups is 1. The van der Waals surface area contributed by atoms with E-state index in [1.807, 2.05) is 0 Å². The second-order valence-electron chi connectivity index (χ2n) is 4.58. The Balaban J connectivity index is 2.13. The molecule has 1 atom stereocenters. The van der Waals surface area contributed by atoms with Gasteiger partial charge in [0.25, 0.3) is 5.91 Å². The highest BCUT2D eigenvalue weighted by atomic mass is 16.4. The first kappa shape index (κ1) is 14.1. The molecule has 2 aromatic rings. The molecule has 106 valence electrons. The molecule has 0 aliphatic heterocycles. The normalized spacial score (nSPS) is 13.6. The number of hydrogen-bond donors (Lipinski definition) is 3. The average molecular weight is 275 g/mol. The van der Waals surface area contributed by atoms with Crippen molar-refractivity contribution in [3.05, 3.63) is 48.0 Å². The van der Waals surface area contributed by atoms with E-state index in [9.17, 15) is 9.90 Å². The van der Waals surface area contributed by atoms with Crippen molar-refractivity contribution in [1.82, 2.24) is 10.3 Å². The average Bonchev–Trinajstić information content (AvgIpc) is 3.00. The van der Waals surface area contributed by atoms with Crippen LogP contribution in [0.4, 0.5) is 5.82 Å². The molecule has 0 aromatic carbocycles. The van der Waals surface area contributed by atoms with Gasteiger partial charge in [-0.3, -0.25) is 4.79 Å². The first-order valence-corrected chi connectivity index (χ1v) is 6.22. The summed E-state index contributed by atoms with van der Waals surface area (Å²) in [6.07, 6.45) is 3.08. The fourth-order valence-electron chi connectivity index (χ4n) is 1.79. The molecule has 0 radical (unpaired) electrons. The van der Waals surface area contributed by atoms with E-state index in [0.29, 0.717) is 17.1 Å². The van der Waals surface area contributed by atoms with Gasteiger partial charge in [0, 0.05) is 13.2 Å². The number of nitrogens with one attached hydrogen (secondary N) is 2. The molecule has 0 bridgehead atoms.